The second kappa shape index (κ2) is 17.1. The van der Waals surface area contributed by atoms with Crippen LogP contribution < -0.4 is 0 Å². The van der Waals surface area contributed by atoms with Crippen LogP contribution in [0.2, 0.25) is 0 Å². The molecule has 0 aromatic heterocycles. The van der Waals surface area contributed by atoms with E-state index >= 15 is 0 Å². The average molecular weight is 371 g/mol. The van der Waals surface area contributed by atoms with Gasteiger partial charge in [-0.25, -0.2) is 4.79 Å². The van der Waals surface area contributed by atoms with E-state index in [0.29, 0.717) is 6.42 Å². The van der Waals surface area contributed by atoms with Gasteiger partial charge in [0.25, 0.3) is 0 Å². The Bertz CT molecular complexity index is 401. The largest absolute Gasteiger partial charge is 0.481 e. The van der Waals surface area contributed by atoms with E-state index in [1.54, 1.807) is 6.08 Å². The number of carboxylic acids is 2. The molecule has 1 atom stereocenters. The highest BCUT2D eigenvalue weighted by atomic mass is 16.4. The molecule has 0 aliphatic rings. The number of aliphatic carboxylic acids is 2. The summed E-state index contributed by atoms with van der Waals surface area (Å²) in [5.74, 6) is -2.23. The minimum absolute atomic E-state index is 0.0108. The Morgan fingerprint density at radius 1 is 0.769 bits per heavy atom. The van der Waals surface area contributed by atoms with Gasteiger partial charge in [0, 0.05) is 5.57 Å². The molecule has 3 N–H and O–H groups in total. The van der Waals surface area contributed by atoms with Crippen molar-refractivity contribution >= 4 is 11.9 Å². The second-order valence-corrected chi connectivity index (χ2v) is 7.27. The number of allylic oxidation sites excluding steroid dienone is 1. The Labute approximate surface area is 158 Å². The van der Waals surface area contributed by atoms with Gasteiger partial charge in [0.05, 0.1) is 12.5 Å². The number of unbranched alkanes of at least 4 members (excludes halogenated alkanes) is 12. The smallest absolute Gasteiger partial charge is 0.331 e. The third-order valence-corrected chi connectivity index (χ3v) is 4.58. The highest BCUT2D eigenvalue weighted by Gasteiger charge is 2.10. The highest BCUT2D eigenvalue weighted by molar-refractivity contribution is 5.91. The topological polar surface area (TPSA) is 94.8 Å². The monoisotopic (exact) mass is 370 g/mol. The molecule has 26 heavy (non-hydrogen) atoms. The van der Waals surface area contributed by atoms with Crippen molar-refractivity contribution in [1.29, 1.82) is 0 Å². The van der Waals surface area contributed by atoms with Crippen molar-refractivity contribution in [3.63, 3.8) is 0 Å². The zero-order chi connectivity index (χ0) is 19.6. The molecule has 0 bridgehead atoms. The van der Waals surface area contributed by atoms with Gasteiger partial charge in [0.1, 0.15) is 0 Å². The first-order valence-electron chi connectivity index (χ1n) is 10.3. The number of aliphatic hydroxyl groups excluding tert-OH is 1. The van der Waals surface area contributed by atoms with E-state index < -0.39 is 18.4 Å². The first-order chi connectivity index (χ1) is 12.4. The van der Waals surface area contributed by atoms with Gasteiger partial charge >= 0.3 is 11.9 Å². The molecule has 0 rings (SSSR count). The zero-order valence-electron chi connectivity index (χ0n) is 16.4. The lowest BCUT2D eigenvalue weighted by Crippen LogP contribution is -2.06. The molecule has 5 heteroatoms. The van der Waals surface area contributed by atoms with Gasteiger partial charge in [-0.3, -0.25) is 4.79 Å². The van der Waals surface area contributed by atoms with Gasteiger partial charge in [-0.2, -0.15) is 0 Å². The van der Waals surface area contributed by atoms with Crippen molar-refractivity contribution in [1.82, 2.24) is 0 Å². The van der Waals surface area contributed by atoms with Crippen LogP contribution >= 0.6 is 0 Å². The number of hydrogen-bond acceptors (Lipinski definition) is 3. The van der Waals surface area contributed by atoms with Crippen molar-refractivity contribution in [2.24, 2.45) is 0 Å². The number of hydrogen-bond donors (Lipinski definition) is 3. The summed E-state index contributed by atoms with van der Waals surface area (Å²) < 4.78 is 0. The molecule has 0 aromatic carbocycles. The molecule has 0 saturated heterocycles. The van der Waals surface area contributed by atoms with E-state index in [1.807, 2.05) is 6.92 Å². The summed E-state index contributed by atoms with van der Waals surface area (Å²) >= 11 is 0. The van der Waals surface area contributed by atoms with Gasteiger partial charge in [0.15, 0.2) is 0 Å². The average Bonchev–Trinajstić information content (AvgIpc) is 2.56. The molecule has 0 amide bonds. The first-order valence-corrected chi connectivity index (χ1v) is 10.3. The lowest BCUT2D eigenvalue weighted by molar-refractivity contribution is -0.139. The normalized spacial score (nSPS) is 12.9. The van der Waals surface area contributed by atoms with E-state index in [-0.39, 0.29) is 11.7 Å². The predicted octanol–water partition coefficient (Wildman–Crippen LogP) is 5.31. The SMILES string of the molecule is CC(O)CCCCCCCCCCCCCC/C=C(/CC(=O)O)C(=O)O. The third-order valence-electron chi connectivity index (χ3n) is 4.58. The van der Waals surface area contributed by atoms with E-state index in [1.165, 1.54) is 51.4 Å². The highest BCUT2D eigenvalue weighted by Crippen LogP contribution is 2.14. The Hall–Kier alpha value is -1.36. The fraction of sp³-hybridized carbons (Fsp3) is 0.810. The predicted molar refractivity (Wildman–Crippen MR) is 104 cm³/mol. The molecule has 0 aromatic rings. The molecule has 0 aliphatic heterocycles. The molecule has 152 valence electrons. The first kappa shape index (κ1) is 24.6. The number of aliphatic hydroxyl groups is 1. The molecular formula is C21H38O5. The maximum Gasteiger partial charge on any atom is 0.331 e. The summed E-state index contributed by atoms with van der Waals surface area (Å²) in [6, 6.07) is 0. The van der Waals surface area contributed by atoms with Crippen LogP contribution in [-0.4, -0.2) is 33.4 Å². The van der Waals surface area contributed by atoms with Crippen LogP contribution in [0.15, 0.2) is 11.6 Å². The Morgan fingerprint density at radius 2 is 1.19 bits per heavy atom. The Morgan fingerprint density at radius 3 is 1.58 bits per heavy atom. The molecule has 1 unspecified atom stereocenters. The maximum absolute atomic E-state index is 10.9. The molecule has 0 aliphatic carbocycles. The van der Waals surface area contributed by atoms with Crippen molar-refractivity contribution in [2.45, 2.75) is 109 Å². The van der Waals surface area contributed by atoms with Crippen molar-refractivity contribution in [3.8, 4) is 0 Å². The van der Waals surface area contributed by atoms with Crippen LogP contribution in [0.3, 0.4) is 0 Å². The van der Waals surface area contributed by atoms with Crippen molar-refractivity contribution in [3.05, 3.63) is 11.6 Å². The van der Waals surface area contributed by atoms with Crippen LogP contribution in [0.4, 0.5) is 0 Å². The van der Waals surface area contributed by atoms with Crippen LogP contribution in [-0.2, 0) is 9.59 Å². The lowest BCUT2D eigenvalue weighted by atomic mass is 10.0. The number of carbonyl (C=O) groups is 2. The molecular weight excluding hydrogens is 332 g/mol. The van der Waals surface area contributed by atoms with Gasteiger partial charge in [-0.15, -0.1) is 0 Å². The number of rotatable bonds is 18. The standard InChI is InChI=1S/C21H38O5/c1-18(22)15-13-11-9-7-5-3-2-4-6-8-10-12-14-16-19(21(25)26)17-20(23)24/h16,18,22H,2-15,17H2,1H3,(H,23,24)(H,25,26)/b19-16-. The van der Waals surface area contributed by atoms with Gasteiger partial charge in [0.2, 0.25) is 0 Å². The van der Waals surface area contributed by atoms with Crippen LogP contribution in [0, 0.1) is 0 Å². The van der Waals surface area contributed by atoms with Crippen LogP contribution in [0.1, 0.15) is 103 Å². The van der Waals surface area contributed by atoms with Gasteiger partial charge < -0.3 is 15.3 Å². The summed E-state index contributed by atoms with van der Waals surface area (Å²) in [5.41, 5.74) is -0.0108. The molecule has 0 saturated carbocycles. The fourth-order valence-electron chi connectivity index (χ4n) is 3.03. The van der Waals surface area contributed by atoms with Gasteiger partial charge in [-0.05, 0) is 26.2 Å². The quantitative estimate of drug-likeness (QED) is 0.224. The molecule has 0 heterocycles. The summed E-state index contributed by atoms with van der Waals surface area (Å²) in [5, 5.41) is 26.7. The molecule has 5 nitrogen and oxygen atoms in total. The summed E-state index contributed by atoms with van der Waals surface area (Å²) in [6.45, 7) is 1.85. The molecule has 0 fully saturated rings. The fourth-order valence-corrected chi connectivity index (χ4v) is 3.03. The zero-order valence-corrected chi connectivity index (χ0v) is 16.4. The van der Waals surface area contributed by atoms with E-state index in [4.69, 9.17) is 10.2 Å². The summed E-state index contributed by atoms with van der Waals surface area (Å²) in [6.07, 6.45) is 17.0. The van der Waals surface area contributed by atoms with Crippen molar-refractivity contribution < 1.29 is 24.9 Å². The van der Waals surface area contributed by atoms with Crippen LogP contribution in [0.5, 0.6) is 0 Å². The minimum atomic E-state index is -1.13. The summed E-state index contributed by atoms with van der Waals surface area (Å²) in [7, 11) is 0. The number of carboxylic acid groups (broad SMARTS) is 2. The van der Waals surface area contributed by atoms with E-state index in [2.05, 4.69) is 0 Å². The molecule has 0 radical (unpaired) electrons. The van der Waals surface area contributed by atoms with Crippen LogP contribution in [0.25, 0.3) is 0 Å². The third kappa shape index (κ3) is 17.5. The summed E-state index contributed by atoms with van der Waals surface area (Å²) in [4.78, 5) is 21.5. The Kier molecular flexibility index (Phi) is 16.2. The molecule has 0 spiro atoms. The maximum atomic E-state index is 10.9. The second-order valence-electron chi connectivity index (χ2n) is 7.27. The Balaban J connectivity index is 3.38. The minimum Gasteiger partial charge on any atom is -0.481 e. The van der Waals surface area contributed by atoms with E-state index in [0.717, 1.165) is 32.1 Å². The lowest BCUT2D eigenvalue weighted by Gasteiger charge is -2.04. The van der Waals surface area contributed by atoms with Gasteiger partial charge in [-0.1, -0.05) is 76.7 Å². The van der Waals surface area contributed by atoms with Crippen molar-refractivity contribution in [2.75, 3.05) is 0 Å². The van der Waals surface area contributed by atoms with E-state index in [9.17, 15) is 14.7 Å².